The SMILES string of the molecule is COc1ccc([C@@H]2C3=C(CC(C)(C)CC3=O)N=C3CC(C)(C)CC(=O)C32)c(OC)c1. The van der Waals surface area contributed by atoms with Gasteiger partial charge >= 0.3 is 0 Å². The predicted molar refractivity (Wildman–Crippen MR) is 116 cm³/mol. The third-order valence-corrected chi connectivity index (χ3v) is 6.61. The van der Waals surface area contributed by atoms with Gasteiger partial charge in [-0.25, -0.2) is 0 Å². The summed E-state index contributed by atoms with van der Waals surface area (Å²) in [5.41, 5.74) is 3.10. The van der Waals surface area contributed by atoms with Gasteiger partial charge in [0, 0.05) is 47.4 Å². The lowest BCUT2D eigenvalue weighted by molar-refractivity contribution is -0.124. The Morgan fingerprint density at radius 1 is 0.900 bits per heavy atom. The van der Waals surface area contributed by atoms with Crippen LogP contribution in [0.4, 0.5) is 0 Å². The van der Waals surface area contributed by atoms with Gasteiger partial charge in [0.25, 0.3) is 0 Å². The molecule has 1 unspecified atom stereocenters. The molecule has 1 aromatic rings. The first-order valence-electron chi connectivity index (χ1n) is 10.6. The maximum atomic E-state index is 13.4. The molecule has 0 saturated heterocycles. The molecule has 5 nitrogen and oxygen atoms in total. The number of carbonyl (C=O) groups excluding carboxylic acids is 2. The molecule has 4 rings (SSSR count). The fraction of sp³-hybridized carbons (Fsp3) is 0.560. The van der Waals surface area contributed by atoms with Gasteiger partial charge in [0.1, 0.15) is 17.3 Å². The minimum atomic E-state index is -0.399. The average molecular weight is 410 g/mol. The number of Topliss-reactive ketones (excluding diaryl/α,β-unsaturated/α-hetero) is 2. The van der Waals surface area contributed by atoms with Gasteiger partial charge in [-0.2, -0.15) is 0 Å². The van der Waals surface area contributed by atoms with Gasteiger partial charge in [-0.15, -0.1) is 0 Å². The Kier molecular flexibility index (Phi) is 4.91. The summed E-state index contributed by atoms with van der Waals surface area (Å²) < 4.78 is 11.0. The van der Waals surface area contributed by atoms with Crippen molar-refractivity contribution >= 4 is 17.3 Å². The second-order valence-corrected chi connectivity index (χ2v) is 10.5. The fourth-order valence-corrected chi connectivity index (χ4v) is 5.42. The van der Waals surface area contributed by atoms with Crippen molar-refractivity contribution in [3.63, 3.8) is 0 Å². The van der Waals surface area contributed by atoms with Crippen molar-refractivity contribution in [2.75, 3.05) is 14.2 Å². The molecular weight excluding hydrogens is 378 g/mol. The van der Waals surface area contributed by atoms with Gasteiger partial charge in [-0.1, -0.05) is 33.8 Å². The monoisotopic (exact) mass is 409 g/mol. The van der Waals surface area contributed by atoms with Crippen molar-refractivity contribution < 1.29 is 19.1 Å². The molecule has 0 bridgehead atoms. The van der Waals surface area contributed by atoms with Gasteiger partial charge in [0.05, 0.1) is 20.1 Å². The highest BCUT2D eigenvalue weighted by molar-refractivity contribution is 6.13. The first kappa shape index (κ1) is 20.8. The summed E-state index contributed by atoms with van der Waals surface area (Å²) in [5, 5.41) is 0. The van der Waals surface area contributed by atoms with Crippen LogP contribution in [0.25, 0.3) is 0 Å². The molecule has 1 aliphatic heterocycles. The minimum absolute atomic E-state index is 0.101. The molecule has 0 amide bonds. The number of methoxy groups -OCH3 is 2. The molecule has 30 heavy (non-hydrogen) atoms. The van der Waals surface area contributed by atoms with Crippen molar-refractivity contribution in [2.45, 2.75) is 59.3 Å². The van der Waals surface area contributed by atoms with E-state index in [1.54, 1.807) is 14.2 Å². The molecule has 1 aromatic carbocycles. The Balaban J connectivity index is 1.93. The van der Waals surface area contributed by atoms with E-state index < -0.39 is 5.92 Å². The summed E-state index contributed by atoms with van der Waals surface area (Å²) in [4.78, 5) is 31.7. The number of hydrogen-bond donors (Lipinski definition) is 0. The maximum absolute atomic E-state index is 13.4. The topological polar surface area (TPSA) is 65.0 Å². The molecule has 1 saturated carbocycles. The Morgan fingerprint density at radius 2 is 1.60 bits per heavy atom. The Morgan fingerprint density at radius 3 is 2.27 bits per heavy atom. The molecule has 2 aliphatic carbocycles. The van der Waals surface area contributed by atoms with Gasteiger partial charge in [0.2, 0.25) is 0 Å². The van der Waals surface area contributed by atoms with E-state index in [4.69, 9.17) is 14.5 Å². The number of hydrogen-bond acceptors (Lipinski definition) is 5. The first-order chi connectivity index (χ1) is 14.0. The van der Waals surface area contributed by atoms with E-state index in [-0.39, 0.29) is 28.3 Å². The number of carbonyl (C=O) groups is 2. The highest BCUT2D eigenvalue weighted by Crippen LogP contribution is 2.53. The van der Waals surface area contributed by atoms with E-state index in [0.29, 0.717) is 29.9 Å². The smallest absolute Gasteiger partial charge is 0.161 e. The van der Waals surface area contributed by atoms with E-state index in [2.05, 4.69) is 27.7 Å². The quantitative estimate of drug-likeness (QED) is 0.713. The molecule has 160 valence electrons. The fourth-order valence-electron chi connectivity index (χ4n) is 5.42. The van der Waals surface area contributed by atoms with Gasteiger partial charge in [-0.05, 0) is 29.7 Å². The van der Waals surface area contributed by atoms with E-state index >= 15 is 0 Å². The standard InChI is InChI=1S/C25H31NO4/c1-24(2)10-16-22(18(27)12-24)21(15-8-7-14(29-5)9-20(15)30-6)23-17(26-16)11-25(3,4)13-19(23)28/h7-9,21-22H,10-13H2,1-6H3/t21-,22?/m0/s1. The molecule has 5 heteroatoms. The Bertz CT molecular complexity index is 983. The molecular formula is C25H31NO4. The molecule has 0 spiro atoms. The van der Waals surface area contributed by atoms with Crippen LogP contribution in [0.3, 0.4) is 0 Å². The second kappa shape index (κ2) is 7.07. The zero-order chi connectivity index (χ0) is 21.8. The van der Waals surface area contributed by atoms with E-state index in [0.717, 1.165) is 29.8 Å². The molecule has 1 fully saturated rings. The number of allylic oxidation sites excluding steroid dienone is 2. The molecule has 3 aliphatic rings. The zero-order valence-electron chi connectivity index (χ0n) is 18.8. The van der Waals surface area contributed by atoms with Crippen molar-refractivity contribution in [3.8, 4) is 11.5 Å². The van der Waals surface area contributed by atoms with E-state index in [1.165, 1.54) is 0 Å². The van der Waals surface area contributed by atoms with Crippen LogP contribution >= 0.6 is 0 Å². The molecule has 2 atom stereocenters. The van der Waals surface area contributed by atoms with Crippen LogP contribution in [0.5, 0.6) is 11.5 Å². The number of benzene rings is 1. The van der Waals surface area contributed by atoms with Gasteiger partial charge in [-0.3, -0.25) is 14.6 Å². The van der Waals surface area contributed by atoms with Crippen LogP contribution in [0.15, 0.2) is 34.5 Å². The molecule has 0 aromatic heterocycles. The van der Waals surface area contributed by atoms with Gasteiger partial charge < -0.3 is 9.47 Å². The maximum Gasteiger partial charge on any atom is 0.161 e. The molecule has 0 N–H and O–H groups in total. The number of aliphatic imine (C=N–C) groups is 1. The van der Waals surface area contributed by atoms with Crippen LogP contribution in [0.2, 0.25) is 0 Å². The van der Waals surface area contributed by atoms with Gasteiger partial charge in [0.15, 0.2) is 5.78 Å². The van der Waals surface area contributed by atoms with Crippen LogP contribution in [-0.2, 0) is 9.59 Å². The van der Waals surface area contributed by atoms with Crippen LogP contribution in [0.1, 0.15) is 64.9 Å². The molecule has 1 heterocycles. The first-order valence-corrected chi connectivity index (χ1v) is 10.6. The van der Waals surface area contributed by atoms with Crippen molar-refractivity contribution in [3.05, 3.63) is 35.0 Å². The summed E-state index contributed by atoms with van der Waals surface area (Å²) >= 11 is 0. The van der Waals surface area contributed by atoms with Crippen molar-refractivity contribution in [1.29, 1.82) is 0 Å². The Labute approximate surface area is 178 Å². The zero-order valence-corrected chi connectivity index (χ0v) is 18.8. The third-order valence-electron chi connectivity index (χ3n) is 6.61. The Hall–Kier alpha value is -2.43. The van der Waals surface area contributed by atoms with Crippen LogP contribution in [0, 0.1) is 16.7 Å². The number of rotatable bonds is 3. The number of ether oxygens (including phenoxy) is 2. The lowest BCUT2D eigenvalue weighted by Crippen LogP contribution is -2.45. The van der Waals surface area contributed by atoms with Crippen LogP contribution < -0.4 is 9.47 Å². The summed E-state index contributed by atoms with van der Waals surface area (Å²) in [6.45, 7) is 8.46. The second-order valence-electron chi connectivity index (χ2n) is 10.5. The van der Waals surface area contributed by atoms with Crippen molar-refractivity contribution in [1.82, 2.24) is 0 Å². The largest absolute Gasteiger partial charge is 0.497 e. The molecule has 0 radical (unpaired) electrons. The van der Waals surface area contributed by atoms with E-state index in [1.807, 2.05) is 18.2 Å². The predicted octanol–water partition coefficient (Wildman–Crippen LogP) is 4.89. The third kappa shape index (κ3) is 3.48. The number of fused-ring (bicyclic) bond motifs is 1. The average Bonchev–Trinajstić information content (AvgIpc) is 2.63. The number of ketones is 2. The minimum Gasteiger partial charge on any atom is -0.497 e. The highest BCUT2D eigenvalue weighted by Gasteiger charge is 2.50. The lowest BCUT2D eigenvalue weighted by atomic mass is 9.60. The van der Waals surface area contributed by atoms with E-state index in [9.17, 15) is 9.59 Å². The summed E-state index contributed by atoms with van der Waals surface area (Å²) in [7, 11) is 3.23. The highest BCUT2D eigenvalue weighted by atomic mass is 16.5. The number of nitrogens with zero attached hydrogens (tertiary/aromatic N) is 1. The van der Waals surface area contributed by atoms with Crippen molar-refractivity contribution in [2.24, 2.45) is 21.7 Å². The summed E-state index contributed by atoms with van der Waals surface area (Å²) in [6.07, 6.45) is 2.48. The lowest BCUT2D eigenvalue weighted by Gasteiger charge is -2.44. The van der Waals surface area contributed by atoms with Crippen LogP contribution in [-0.4, -0.2) is 31.5 Å². The normalized spacial score (nSPS) is 27.2. The summed E-state index contributed by atoms with van der Waals surface area (Å²) in [5.74, 6) is 0.843. The summed E-state index contributed by atoms with van der Waals surface area (Å²) in [6, 6.07) is 5.64.